The van der Waals surface area contributed by atoms with Crippen molar-refractivity contribution in [1.82, 2.24) is 10.5 Å². The molecule has 1 amide bonds. The number of nitrogens with zero attached hydrogens (tertiary/aromatic N) is 1. The van der Waals surface area contributed by atoms with E-state index in [0.717, 1.165) is 25.0 Å². The lowest BCUT2D eigenvalue weighted by molar-refractivity contribution is 0.0941. The Morgan fingerprint density at radius 3 is 2.50 bits per heavy atom. The van der Waals surface area contributed by atoms with E-state index >= 15 is 0 Å². The van der Waals surface area contributed by atoms with Crippen LogP contribution in [0.2, 0.25) is 0 Å². The number of carbonyl (C=O) groups is 1. The van der Waals surface area contributed by atoms with E-state index in [1.54, 1.807) is 6.92 Å². The second kappa shape index (κ2) is 8.99. The van der Waals surface area contributed by atoms with Crippen molar-refractivity contribution < 1.29 is 14.1 Å². The number of amides is 1. The third-order valence-electron chi connectivity index (χ3n) is 4.20. The van der Waals surface area contributed by atoms with Crippen molar-refractivity contribution in [2.45, 2.75) is 52.9 Å². The third kappa shape index (κ3) is 5.18. The first-order valence-electron chi connectivity index (χ1n) is 9.27. The Morgan fingerprint density at radius 1 is 1.19 bits per heavy atom. The van der Waals surface area contributed by atoms with E-state index < -0.39 is 0 Å². The van der Waals surface area contributed by atoms with E-state index in [-0.39, 0.29) is 11.3 Å². The summed E-state index contributed by atoms with van der Waals surface area (Å²) in [7, 11) is 0. The molecule has 5 heteroatoms. The Kier molecular flexibility index (Phi) is 6.98. The predicted molar refractivity (Wildman–Crippen MR) is 103 cm³/mol. The van der Waals surface area contributed by atoms with Gasteiger partial charge in [0.25, 0.3) is 5.91 Å². The van der Waals surface area contributed by atoms with Gasteiger partial charge >= 0.3 is 0 Å². The van der Waals surface area contributed by atoms with Gasteiger partial charge in [0.05, 0.1) is 5.69 Å². The van der Waals surface area contributed by atoms with E-state index in [9.17, 15) is 4.79 Å². The molecule has 1 aromatic heterocycles. The summed E-state index contributed by atoms with van der Waals surface area (Å²) < 4.78 is 10.9. The molecule has 0 saturated heterocycles. The second-order valence-electron chi connectivity index (χ2n) is 7.52. The fraction of sp³-hybridized carbons (Fsp3) is 0.524. The molecule has 0 radical (unpaired) electrons. The molecule has 5 nitrogen and oxygen atoms in total. The molecule has 0 bridgehead atoms. The molecule has 2 aromatic rings. The summed E-state index contributed by atoms with van der Waals surface area (Å²) in [6, 6.07) is 8.10. The van der Waals surface area contributed by atoms with Gasteiger partial charge < -0.3 is 14.6 Å². The van der Waals surface area contributed by atoms with E-state index in [2.05, 4.69) is 50.3 Å². The summed E-state index contributed by atoms with van der Waals surface area (Å²) in [5, 5.41) is 6.92. The van der Waals surface area contributed by atoms with Crippen molar-refractivity contribution in [2.75, 3.05) is 19.8 Å². The van der Waals surface area contributed by atoms with Gasteiger partial charge in [-0.15, -0.1) is 0 Å². The molecule has 0 aliphatic heterocycles. The predicted octanol–water partition coefficient (Wildman–Crippen LogP) is 4.49. The van der Waals surface area contributed by atoms with Gasteiger partial charge in [0.1, 0.15) is 5.56 Å². The van der Waals surface area contributed by atoms with Crippen LogP contribution in [0.5, 0.6) is 0 Å². The first kappa shape index (κ1) is 20.2. The van der Waals surface area contributed by atoms with Crippen LogP contribution in [0.1, 0.15) is 62.2 Å². The minimum atomic E-state index is -0.158. The molecule has 1 aromatic carbocycles. The zero-order valence-corrected chi connectivity index (χ0v) is 16.5. The van der Waals surface area contributed by atoms with Gasteiger partial charge in [-0.2, -0.15) is 0 Å². The number of ether oxygens (including phenoxy) is 1. The normalized spacial score (nSPS) is 11.6. The van der Waals surface area contributed by atoms with Crippen molar-refractivity contribution in [2.24, 2.45) is 0 Å². The number of aryl methyl sites for hydroxylation is 1. The molecule has 2 rings (SSSR count). The number of carbonyl (C=O) groups excluding carboxylic acids is 1. The lowest BCUT2D eigenvalue weighted by Crippen LogP contribution is -2.26. The zero-order valence-electron chi connectivity index (χ0n) is 16.5. The highest BCUT2D eigenvalue weighted by atomic mass is 16.5. The van der Waals surface area contributed by atoms with Crippen molar-refractivity contribution in [3.8, 4) is 11.3 Å². The maximum Gasteiger partial charge on any atom is 0.257 e. The minimum absolute atomic E-state index is 0.0793. The Balaban J connectivity index is 2.07. The van der Waals surface area contributed by atoms with Crippen molar-refractivity contribution >= 4 is 5.91 Å². The van der Waals surface area contributed by atoms with Crippen LogP contribution < -0.4 is 5.32 Å². The highest BCUT2D eigenvalue weighted by Crippen LogP contribution is 2.29. The van der Waals surface area contributed by atoms with Gasteiger partial charge in [-0.05, 0) is 30.7 Å². The SMILES string of the molecule is CCCOCCCNC(=O)c1c(C)noc1-c1ccc(C(C)(C)C)cc1. The molecule has 0 spiro atoms. The molecule has 0 atom stereocenters. The number of hydrogen-bond donors (Lipinski definition) is 1. The Bertz CT molecular complexity index is 712. The van der Waals surface area contributed by atoms with Gasteiger partial charge in [-0.3, -0.25) is 4.79 Å². The minimum Gasteiger partial charge on any atom is -0.381 e. The molecule has 0 aliphatic carbocycles. The van der Waals surface area contributed by atoms with Crippen molar-refractivity contribution in [3.05, 3.63) is 41.1 Å². The summed E-state index contributed by atoms with van der Waals surface area (Å²) in [6.45, 7) is 12.3. The van der Waals surface area contributed by atoms with Crippen LogP contribution in [-0.2, 0) is 10.2 Å². The van der Waals surface area contributed by atoms with E-state index in [4.69, 9.17) is 9.26 Å². The summed E-state index contributed by atoms with van der Waals surface area (Å²) in [5.74, 6) is 0.358. The summed E-state index contributed by atoms with van der Waals surface area (Å²) in [5.41, 5.74) is 3.27. The van der Waals surface area contributed by atoms with Gasteiger partial charge in [-0.25, -0.2) is 0 Å². The van der Waals surface area contributed by atoms with Crippen molar-refractivity contribution in [1.29, 1.82) is 0 Å². The van der Waals surface area contributed by atoms with E-state index in [0.29, 0.717) is 30.2 Å². The number of aromatic nitrogens is 1. The number of rotatable bonds is 8. The first-order valence-corrected chi connectivity index (χ1v) is 9.27. The quantitative estimate of drug-likeness (QED) is 0.706. The lowest BCUT2D eigenvalue weighted by Gasteiger charge is -2.18. The Hall–Kier alpha value is -2.14. The van der Waals surface area contributed by atoms with Crippen LogP contribution in [0.25, 0.3) is 11.3 Å². The molecule has 1 N–H and O–H groups in total. The molecule has 1 heterocycles. The summed E-state index contributed by atoms with van der Waals surface area (Å²) >= 11 is 0. The van der Waals surface area contributed by atoms with Crippen LogP contribution in [0.4, 0.5) is 0 Å². The fourth-order valence-corrected chi connectivity index (χ4v) is 2.67. The van der Waals surface area contributed by atoms with E-state index in [1.807, 2.05) is 12.1 Å². The molecule has 0 fully saturated rings. The molecule has 26 heavy (non-hydrogen) atoms. The summed E-state index contributed by atoms with van der Waals surface area (Å²) in [4.78, 5) is 12.6. The van der Waals surface area contributed by atoms with Crippen LogP contribution in [-0.4, -0.2) is 30.8 Å². The fourth-order valence-electron chi connectivity index (χ4n) is 2.67. The van der Waals surface area contributed by atoms with Crippen LogP contribution in [0.15, 0.2) is 28.8 Å². The van der Waals surface area contributed by atoms with Crippen LogP contribution >= 0.6 is 0 Å². The third-order valence-corrected chi connectivity index (χ3v) is 4.20. The van der Waals surface area contributed by atoms with Gasteiger partial charge in [0.15, 0.2) is 5.76 Å². The smallest absolute Gasteiger partial charge is 0.257 e. The Morgan fingerprint density at radius 2 is 1.88 bits per heavy atom. The molecule has 0 unspecified atom stereocenters. The van der Waals surface area contributed by atoms with Crippen LogP contribution in [0.3, 0.4) is 0 Å². The molecule has 0 aliphatic rings. The maximum atomic E-state index is 12.6. The molecular weight excluding hydrogens is 328 g/mol. The largest absolute Gasteiger partial charge is 0.381 e. The topological polar surface area (TPSA) is 64.4 Å². The van der Waals surface area contributed by atoms with Gasteiger partial charge in [-0.1, -0.05) is 57.1 Å². The first-order chi connectivity index (χ1) is 12.3. The second-order valence-corrected chi connectivity index (χ2v) is 7.52. The van der Waals surface area contributed by atoms with Gasteiger partial charge in [0, 0.05) is 25.3 Å². The average Bonchev–Trinajstić information content (AvgIpc) is 2.99. The average molecular weight is 358 g/mol. The van der Waals surface area contributed by atoms with E-state index in [1.165, 1.54) is 5.56 Å². The maximum absolute atomic E-state index is 12.6. The number of hydrogen-bond acceptors (Lipinski definition) is 4. The van der Waals surface area contributed by atoms with Crippen LogP contribution in [0, 0.1) is 6.92 Å². The monoisotopic (exact) mass is 358 g/mol. The summed E-state index contributed by atoms with van der Waals surface area (Å²) in [6.07, 6.45) is 1.79. The zero-order chi connectivity index (χ0) is 19.2. The lowest BCUT2D eigenvalue weighted by atomic mass is 9.86. The standard InChI is InChI=1S/C21H30N2O3/c1-6-13-25-14-7-12-22-20(24)18-15(2)23-26-19(18)16-8-10-17(11-9-16)21(3,4)5/h8-11H,6-7,12-14H2,1-5H3,(H,22,24). The number of benzene rings is 1. The molecule has 142 valence electrons. The highest BCUT2D eigenvalue weighted by Gasteiger charge is 2.22. The molecular formula is C21H30N2O3. The molecule has 0 saturated carbocycles. The van der Waals surface area contributed by atoms with Crippen molar-refractivity contribution in [3.63, 3.8) is 0 Å². The Labute approximate surface area is 156 Å². The highest BCUT2D eigenvalue weighted by molar-refractivity contribution is 6.00. The number of nitrogens with one attached hydrogen (secondary N) is 1. The van der Waals surface area contributed by atoms with Gasteiger partial charge in [0.2, 0.25) is 0 Å².